The molecule has 2 heterocycles. The Morgan fingerprint density at radius 3 is 2.33 bits per heavy atom. The Balaban J connectivity index is 1.18. The lowest BCUT2D eigenvalue weighted by Gasteiger charge is -2.35. The second-order valence-electron chi connectivity index (χ2n) is 12.8. The standard InChI is InChI=1S/C43H26N4O/c1-43-34-20-19-29(23-33(34)32-16-8-18-36(38(32)43)48-39-30(24-44)15-7-17-35(39)43)41-45-40(26-9-3-2-4-10-26)46-42(47-41)31-21-27-13-5-11-25-12-6-14-28(22-31)37(25)27/h2-11,13-23H,12H2,1H3. The van der Waals surface area contributed by atoms with Gasteiger partial charge in [0, 0.05) is 27.8 Å². The molecule has 0 saturated carbocycles. The number of nitrogens with zero attached hydrogens (tertiary/aromatic N) is 4. The molecule has 1 aliphatic heterocycles. The van der Waals surface area contributed by atoms with Crippen LogP contribution in [-0.2, 0) is 11.8 Å². The summed E-state index contributed by atoms with van der Waals surface area (Å²) in [5, 5.41) is 12.4. The quantitative estimate of drug-likeness (QED) is 0.198. The Labute approximate surface area is 277 Å². The molecule has 1 atom stereocenters. The molecule has 5 nitrogen and oxygen atoms in total. The van der Waals surface area contributed by atoms with Crippen molar-refractivity contribution in [2.75, 3.05) is 0 Å². The van der Waals surface area contributed by atoms with Gasteiger partial charge in [-0.3, -0.25) is 0 Å². The second-order valence-corrected chi connectivity index (χ2v) is 12.8. The summed E-state index contributed by atoms with van der Waals surface area (Å²) in [6.07, 6.45) is 5.37. The van der Waals surface area contributed by atoms with Crippen molar-refractivity contribution in [2.24, 2.45) is 0 Å². The van der Waals surface area contributed by atoms with Gasteiger partial charge in [0.15, 0.2) is 17.5 Å². The third kappa shape index (κ3) is 3.69. The fourth-order valence-corrected chi connectivity index (χ4v) is 7.99. The second kappa shape index (κ2) is 9.81. The molecule has 0 radical (unpaired) electrons. The highest BCUT2D eigenvalue weighted by atomic mass is 16.5. The number of hydrogen-bond acceptors (Lipinski definition) is 5. The number of fused-ring (bicyclic) bond motifs is 5. The van der Waals surface area contributed by atoms with E-state index in [1.165, 1.54) is 27.5 Å². The van der Waals surface area contributed by atoms with E-state index in [9.17, 15) is 5.26 Å². The van der Waals surface area contributed by atoms with E-state index in [0.717, 1.165) is 51.1 Å². The lowest BCUT2D eigenvalue weighted by Crippen LogP contribution is -2.27. The molecule has 224 valence electrons. The number of ether oxygens (including phenoxy) is 1. The van der Waals surface area contributed by atoms with Crippen LogP contribution in [0.1, 0.15) is 40.3 Å². The topological polar surface area (TPSA) is 71.7 Å². The minimum Gasteiger partial charge on any atom is -0.455 e. The summed E-state index contributed by atoms with van der Waals surface area (Å²) in [4.78, 5) is 15.2. The first-order chi connectivity index (χ1) is 23.6. The molecule has 0 bridgehead atoms. The van der Waals surface area contributed by atoms with Gasteiger partial charge in [0.2, 0.25) is 0 Å². The van der Waals surface area contributed by atoms with Crippen LogP contribution in [0.2, 0.25) is 0 Å². The molecule has 6 aromatic carbocycles. The van der Waals surface area contributed by atoms with Crippen LogP contribution in [0.25, 0.3) is 62.1 Å². The maximum Gasteiger partial charge on any atom is 0.164 e. The minimum absolute atomic E-state index is 0.474. The molecule has 7 aromatic rings. The van der Waals surface area contributed by atoms with Gasteiger partial charge in [-0.15, -0.1) is 0 Å². The molecule has 3 aliphatic rings. The zero-order chi connectivity index (χ0) is 32.0. The van der Waals surface area contributed by atoms with Crippen molar-refractivity contribution in [3.05, 3.63) is 155 Å². The molecule has 2 aliphatic carbocycles. The van der Waals surface area contributed by atoms with Crippen molar-refractivity contribution in [2.45, 2.75) is 18.8 Å². The minimum atomic E-state index is -0.474. The largest absolute Gasteiger partial charge is 0.455 e. The monoisotopic (exact) mass is 614 g/mol. The first kappa shape index (κ1) is 26.8. The molecule has 0 N–H and O–H groups in total. The lowest BCUT2D eigenvalue weighted by atomic mass is 9.72. The molecule has 48 heavy (non-hydrogen) atoms. The number of para-hydroxylation sites is 1. The van der Waals surface area contributed by atoms with Crippen LogP contribution in [0.5, 0.6) is 11.5 Å². The van der Waals surface area contributed by atoms with Crippen molar-refractivity contribution < 1.29 is 4.74 Å². The molecule has 1 aromatic heterocycles. The molecule has 0 amide bonds. The van der Waals surface area contributed by atoms with Crippen LogP contribution in [0.4, 0.5) is 0 Å². The van der Waals surface area contributed by atoms with Gasteiger partial charge in [-0.1, -0.05) is 97.1 Å². The Kier molecular flexibility index (Phi) is 5.48. The SMILES string of the molecule is CC12c3ccc(-c4nc(-c5ccccc5)nc(-c5cc6c7c(cccc7c5)CC=C6)n4)cc3-c3cccc(c31)Oc1c(C#N)cccc12. The molecule has 1 unspecified atom stereocenters. The third-order valence-corrected chi connectivity index (χ3v) is 10.2. The Bertz CT molecular complexity index is 2600. The Morgan fingerprint density at radius 1 is 0.688 bits per heavy atom. The average Bonchev–Trinajstić information content (AvgIpc) is 3.41. The van der Waals surface area contributed by atoms with Crippen LogP contribution < -0.4 is 4.74 Å². The summed E-state index contributed by atoms with van der Waals surface area (Å²) in [6, 6.07) is 41.9. The van der Waals surface area contributed by atoms with Crippen LogP contribution in [0.3, 0.4) is 0 Å². The number of rotatable bonds is 3. The number of nitriles is 1. The van der Waals surface area contributed by atoms with Crippen LogP contribution >= 0.6 is 0 Å². The first-order valence-electron chi connectivity index (χ1n) is 16.1. The summed E-state index contributed by atoms with van der Waals surface area (Å²) in [5.74, 6) is 3.30. The zero-order valence-electron chi connectivity index (χ0n) is 26.0. The van der Waals surface area contributed by atoms with Crippen LogP contribution in [-0.4, -0.2) is 15.0 Å². The Hall–Kier alpha value is -6.38. The average molecular weight is 615 g/mol. The summed E-state index contributed by atoms with van der Waals surface area (Å²) in [7, 11) is 0. The number of allylic oxidation sites excluding steroid dienone is 1. The maximum atomic E-state index is 9.91. The predicted molar refractivity (Wildman–Crippen MR) is 189 cm³/mol. The van der Waals surface area contributed by atoms with Crippen molar-refractivity contribution in [3.63, 3.8) is 0 Å². The van der Waals surface area contributed by atoms with Crippen LogP contribution in [0, 0.1) is 11.3 Å². The predicted octanol–water partition coefficient (Wildman–Crippen LogP) is 9.91. The maximum absolute atomic E-state index is 9.91. The smallest absolute Gasteiger partial charge is 0.164 e. The highest BCUT2D eigenvalue weighted by Crippen LogP contribution is 2.61. The van der Waals surface area contributed by atoms with Crippen molar-refractivity contribution >= 4 is 16.8 Å². The van der Waals surface area contributed by atoms with E-state index in [2.05, 4.69) is 85.8 Å². The van der Waals surface area contributed by atoms with Gasteiger partial charge in [0.1, 0.15) is 17.6 Å². The highest BCUT2D eigenvalue weighted by molar-refractivity contribution is 5.98. The Morgan fingerprint density at radius 2 is 1.48 bits per heavy atom. The van der Waals surface area contributed by atoms with Gasteiger partial charge in [-0.2, -0.15) is 5.26 Å². The molecule has 10 rings (SSSR count). The lowest BCUT2D eigenvalue weighted by molar-refractivity contribution is 0.430. The van der Waals surface area contributed by atoms with E-state index in [0.29, 0.717) is 28.8 Å². The number of benzene rings is 6. The van der Waals surface area contributed by atoms with Gasteiger partial charge in [-0.25, -0.2) is 15.0 Å². The summed E-state index contributed by atoms with van der Waals surface area (Å²) in [6.45, 7) is 2.24. The van der Waals surface area contributed by atoms with Crippen molar-refractivity contribution in [1.82, 2.24) is 15.0 Å². The summed E-state index contributed by atoms with van der Waals surface area (Å²) >= 11 is 0. The van der Waals surface area contributed by atoms with Crippen molar-refractivity contribution in [1.29, 1.82) is 5.26 Å². The number of aromatic nitrogens is 3. The van der Waals surface area contributed by atoms with Gasteiger partial charge >= 0.3 is 0 Å². The van der Waals surface area contributed by atoms with Crippen LogP contribution in [0.15, 0.2) is 121 Å². The fourth-order valence-electron chi connectivity index (χ4n) is 7.99. The molecule has 0 saturated heterocycles. The van der Waals surface area contributed by atoms with E-state index >= 15 is 0 Å². The third-order valence-electron chi connectivity index (χ3n) is 10.2. The zero-order valence-corrected chi connectivity index (χ0v) is 26.0. The number of hydrogen-bond donors (Lipinski definition) is 0. The molecule has 0 spiro atoms. The van der Waals surface area contributed by atoms with E-state index in [1.54, 1.807) is 0 Å². The van der Waals surface area contributed by atoms with E-state index in [4.69, 9.17) is 19.7 Å². The molecule has 5 heteroatoms. The van der Waals surface area contributed by atoms with E-state index in [1.807, 2.05) is 54.6 Å². The van der Waals surface area contributed by atoms with Gasteiger partial charge in [0.05, 0.1) is 11.0 Å². The molecule has 0 fully saturated rings. The highest BCUT2D eigenvalue weighted by Gasteiger charge is 2.48. The summed E-state index contributed by atoms with van der Waals surface area (Å²) < 4.78 is 6.43. The van der Waals surface area contributed by atoms with E-state index in [-0.39, 0.29) is 0 Å². The first-order valence-corrected chi connectivity index (χ1v) is 16.1. The van der Waals surface area contributed by atoms with Gasteiger partial charge in [0.25, 0.3) is 0 Å². The van der Waals surface area contributed by atoms with Gasteiger partial charge in [-0.05, 0) is 82.3 Å². The van der Waals surface area contributed by atoms with Gasteiger partial charge < -0.3 is 4.74 Å². The molecular weight excluding hydrogens is 589 g/mol. The fraction of sp³-hybridized carbons (Fsp3) is 0.0698. The molecular formula is C43H26N4O. The van der Waals surface area contributed by atoms with E-state index < -0.39 is 5.41 Å². The summed E-state index contributed by atoms with van der Waals surface area (Å²) in [5.41, 5.74) is 10.9. The normalized spacial score (nSPS) is 16.1. The van der Waals surface area contributed by atoms with Crippen molar-refractivity contribution in [3.8, 4) is 62.9 Å².